The van der Waals surface area contributed by atoms with Gasteiger partial charge in [0.15, 0.2) is 34.4 Å². The van der Waals surface area contributed by atoms with Crippen LogP contribution in [0.1, 0.15) is 37.9 Å². The van der Waals surface area contributed by atoms with Crippen LogP contribution in [0.3, 0.4) is 0 Å². The Hall–Kier alpha value is -3.89. The number of aromatic nitrogens is 1. The van der Waals surface area contributed by atoms with Crippen molar-refractivity contribution in [2.24, 2.45) is 4.99 Å². The highest BCUT2D eigenvalue weighted by molar-refractivity contribution is 14.1. The van der Waals surface area contributed by atoms with Gasteiger partial charge in [0.25, 0.3) is 5.56 Å². The van der Waals surface area contributed by atoms with Gasteiger partial charge in [-0.25, -0.2) is 14.6 Å². The molecule has 0 unspecified atom stereocenters. The summed E-state index contributed by atoms with van der Waals surface area (Å²) in [5, 5.41) is 0. The minimum Gasteiger partial charge on any atom is -0.493 e. The van der Waals surface area contributed by atoms with E-state index in [1.54, 1.807) is 50.3 Å². The standard InChI is InChI=1S/C32H35IN2O10S/c1-7-42-25(36)17-45-29-21(33)14-19(15-23(29)41-6)16-24-30(37)35-27(20-10-9-11-22(40-5)28(20)43-8-2)26(18(3)34-32(35)46-24)31(38)44-13-12-39-4/h9-11,14-16,27H,7-8,12-13,17H2,1-6H3/b24-16+/t27-/m0/s1. The molecule has 0 N–H and O–H groups in total. The molecule has 0 fully saturated rings. The number of carbonyl (C=O) groups excluding carboxylic acids is 2. The van der Waals surface area contributed by atoms with Gasteiger partial charge < -0.3 is 33.2 Å². The van der Waals surface area contributed by atoms with Gasteiger partial charge in [0.1, 0.15) is 12.6 Å². The van der Waals surface area contributed by atoms with Crippen LogP contribution in [0.25, 0.3) is 6.08 Å². The molecule has 0 saturated heterocycles. The van der Waals surface area contributed by atoms with E-state index >= 15 is 0 Å². The fourth-order valence-electron chi connectivity index (χ4n) is 4.83. The number of ether oxygens (including phenoxy) is 7. The van der Waals surface area contributed by atoms with Crippen molar-refractivity contribution in [3.05, 3.63) is 76.0 Å². The molecule has 0 aliphatic carbocycles. The largest absolute Gasteiger partial charge is 0.493 e. The van der Waals surface area contributed by atoms with E-state index in [0.29, 0.717) is 59.3 Å². The predicted molar refractivity (Wildman–Crippen MR) is 179 cm³/mol. The maximum atomic E-state index is 14.2. The normalized spacial score (nSPS) is 14.3. The quantitative estimate of drug-likeness (QED) is 0.137. The second kappa shape index (κ2) is 16.1. The zero-order valence-corrected chi connectivity index (χ0v) is 29.3. The van der Waals surface area contributed by atoms with Crippen molar-refractivity contribution in [2.45, 2.75) is 26.8 Å². The number of benzene rings is 2. The van der Waals surface area contributed by atoms with Crippen LogP contribution in [0.5, 0.6) is 23.0 Å². The Bertz CT molecular complexity index is 1810. The van der Waals surface area contributed by atoms with E-state index in [1.807, 2.05) is 6.92 Å². The number of para-hydroxylation sites is 1. The van der Waals surface area contributed by atoms with Gasteiger partial charge in [-0.15, -0.1) is 0 Å². The molecule has 4 rings (SSSR count). The first kappa shape index (κ1) is 35.0. The molecule has 2 heterocycles. The molecule has 0 amide bonds. The van der Waals surface area contributed by atoms with Crippen molar-refractivity contribution in [3.8, 4) is 23.0 Å². The van der Waals surface area contributed by atoms with E-state index in [1.165, 1.54) is 37.2 Å². The van der Waals surface area contributed by atoms with Gasteiger partial charge in [-0.3, -0.25) is 9.36 Å². The average Bonchev–Trinajstić information content (AvgIpc) is 3.33. The molecule has 12 nitrogen and oxygen atoms in total. The highest BCUT2D eigenvalue weighted by atomic mass is 127. The van der Waals surface area contributed by atoms with Crippen LogP contribution >= 0.6 is 33.9 Å². The number of esters is 2. The van der Waals surface area contributed by atoms with Gasteiger partial charge >= 0.3 is 11.9 Å². The summed E-state index contributed by atoms with van der Waals surface area (Å²) in [5.74, 6) is 0.490. The van der Waals surface area contributed by atoms with Gasteiger partial charge in [-0.1, -0.05) is 23.5 Å². The highest BCUT2D eigenvalue weighted by Crippen LogP contribution is 2.41. The van der Waals surface area contributed by atoms with Crippen LogP contribution < -0.4 is 33.8 Å². The van der Waals surface area contributed by atoms with Crippen LogP contribution in [0.15, 0.2) is 51.4 Å². The first-order chi connectivity index (χ1) is 22.2. The van der Waals surface area contributed by atoms with Crippen LogP contribution in [0, 0.1) is 3.57 Å². The monoisotopic (exact) mass is 766 g/mol. The minimum absolute atomic E-state index is 0.0274. The SMILES string of the molecule is CCOC(=O)COc1c(I)cc(/C=c2/sc3n(c2=O)[C@@H](c2cccc(OC)c2OCC)C(C(=O)OCCOC)=C(C)N=3)cc1OC. The van der Waals surface area contributed by atoms with E-state index in [2.05, 4.69) is 27.6 Å². The third kappa shape index (κ3) is 7.56. The molecule has 0 radical (unpaired) electrons. The summed E-state index contributed by atoms with van der Waals surface area (Å²) >= 11 is 3.26. The molecule has 1 aliphatic heterocycles. The summed E-state index contributed by atoms with van der Waals surface area (Å²) in [4.78, 5) is 44.7. The number of hydrogen-bond acceptors (Lipinski definition) is 12. The fourth-order valence-corrected chi connectivity index (χ4v) is 6.66. The van der Waals surface area contributed by atoms with Gasteiger partial charge in [0.2, 0.25) is 0 Å². The predicted octanol–water partition coefficient (Wildman–Crippen LogP) is 3.39. The summed E-state index contributed by atoms with van der Waals surface area (Å²) in [6.07, 6.45) is 1.71. The Labute approximate surface area is 283 Å². The van der Waals surface area contributed by atoms with Crippen LogP contribution in [0.4, 0.5) is 0 Å². The zero-order valence-electron chi connectivity index (χ0n) is 26.3. The lowest BCUT2D eigenvalue weighted by Gasteiger charge is -2.27. The van der Waals surface area contributed by atoms with E-state index in [4.69, 9.17) is 33.2 Å². The molecule has 14 heteroatoms. The van der Waals surface area contributed by atoms with E-state index < -0.39 is 18.0 Å². The second-order valence-corrected chi connectivity index (χ2v) is 11.8. The lowest BCUT2D eigenvalue weighted by atomic mass is 9.94. The molecule has 0 saturated carbocycles. The number of carbonyl (C=O) groups is 2. The lowest BCUT2D eigenvalue weighted by molar-refractivity contribution is -0.145. The van der Waals surface area contributed by atoms with Crippen molar-refractivity contribution in [1.29, 1.82) is 0 Å². The maximum absolute atomic E-state index is 14.2. The summed E-state index contributed by atoms with van der Waals surface area (Å²) in [7, 11) is 4.52. The molecular formula is C32H35IN2O10S. The molecular weight excluding hydrogens is 731 g/mol. The Morgan fingerprint density at radius 2 is 1.76 bits per heavy atom. The number of methoxy groups -OCH3 is 3. The van der Waals surface area contributed by atoms with Crippen molar-refractivity contribution in [3.63, 3.8) is 0 Å². The molecule has 1 aromatic heterocycles. The third-order valence-electron chi connectivity index (χ3n) is 6.76. The van der Waals surface area contributed by atoms with Crippen LogP contribution in [-0.4, -0.2) is 70.9 Å². The number of nitrogens with zero attached hydrogens (tertiary/aromatic N) is 2. The first-order valence-corrected chi connectivity index (χ1v) is 16.2. The smallest absolute Gasteiger partial charge is 0.344 e. The average molecular weight is 767 g/mol. The molecule has 0 bridgehead atoms. The van der Waals surface area contributed by atoms with Crippen LogP contribution in [0.2, 0.25) is 0 Å². The van der Waals surface area contributed by atoms with E-state index in [0.717, 1.165) is 0 Å². The topological polar surface area (TPSA) is 133 Å². The summed E-state index contributed by atoms with van der Waals surface area (Å²) in [6, 6.07) is 7.91. The Kier molecular flexibility index (Phi) is 12.2. The third-order valence-corrected chi connectivity index (χ3v) is 8.55. The lowest BCUT2D eigenvalue weighted by Crippen LogP contribution is -2.40. The highest BCUT2D eigenvalue weighted by Gasteiger charge is 2.36. The Morgan fingerprint density at radius 3 is 2.43 bits per heavy atom. The van der Waals surface area contributed by atoms with Gasteiger partial charge in [-0.05, 0) is 73.2 Å². The fraction of sp³-hybridized carbons (Fsp3) is 0.375. The first-order valence-electron chi connectivity index (χ1n) is 14.3. The number of halogens is 1. The van der Waals surface area contributed by atoms with E-state index in [9.17, 15) is 14.4 Å². The molecule has 2 aromatic carbocycles. The number of fused-ring (bicyclic) bond motifs is 1. The minimum atomic E-state index is -0.918. The Balaban J connectivity index is 1.88. The maximum Gasteiger partial charge on any atom is 0.344 e. The molecule has 46 heavy (non-hydrogen) atoms. The van der Waals surface area contributed by atoms with Crippen molar-refractivity contribution >= 4 is 51.9 Å². The van der Waals surface area contributed by atoms with Gasteiger partial charge in [-0.2, -0.15) is 0 Å². The summed E-state index contributed by atoms with van der Waals surface area (Å²) < 4.78 is 40.8. The molecule has 0 spiro atoms. The second-order valence-electron chi connectivity index (χ2n) is 9.65. The number of allylic oxidation sites excluding steroid dienone is 1. The number of thiazole rings is 1. The molecule has 1 atom stereocenters. The molecule has 246 valence electrons. The summed E-state index contributed by atoms with van der Waals surface area (Å²) in [5.41, 5.74) is 1.43. The van der Waals surface area contributed by atoms with E-state index in [-0.39, 0.29) is 37.6 Å². The Morgan fingerprint density at radius 1 is 1.00 bits per heavy atom. The molecule has 3 aromatic rings. The van der Waals surface area contributed by atoms with Crippen LogP contribution in [-0.2, 0) is 23.8 Å². The van der Waals surface area contributed by atoms with Gasteiger partial charge in [0.05, 0.1) is 53.4 Å². The number of hydrogen-bond donors (Lipinski definition) is 0. The van der Waals surface area contributed by atoms with Crippen molar-refractivity contribution in [2.75, 3.05) is 54.4 Å². The number of rotatable bonds is 14. The summed E-state index contributed by atoms with van der Waals surface area (Å²) in [6.45, 7) is 5.79. The van der Waals surface area contributed by atoms with Crippen molar-refractivity contribution < 1.29 is 42.7 Å². The zero-order chi connectivity index (χ0) is 33.4. The van der Waals surface area contributed by atoms with Crippen molar-refractivity contribution in [1.82, 2.24) is 4.57 Å². The van der Waals surface area contributed by atoms with Gasteiger partial charge in [0, 0.05) is 12.7 Å². The molecule has 1 aliphatic rings.